The highest BCUT2D eigenvalue weighted by atomic mass is 32.1. The number of nitrogens with zero attached hydrogens (tertiary/aromatic N) is 4. The summed E-state index contributed by atoms with van der Waals surface area (Å²) in [5.74, 6) is 0. The van der Waals surface area contributed by atoms with Crippen LogP contribution in [-0.4, -0.2) is 18.7 Å². The van der Waals surface area contributed by atoms with Crippen molar-refractivity contribution in [3.8, 4) is 100 Å². The van der Waals surface area contributed by atoms with Gasteiger partial charge >= 0.3 is 0 Å². The van der Waals surface area contributed by atoms with Gasteiger partial charge in [0.1, 0.15) is 11.0 Å². The topological polar surface area (TPSA) is 51.6 Å². The molecule has 0 amide bonds. The van der Waals surface area contributed by atoms with Crippen LogP contribution >= 0.6 is 11.7 Å². The number of hydrogen-bond acceptors (Lipinski definition) is 5. The van der Waals surface area contributed by atoms with E-state index in [1.165, 1.54) is 218 Å². The molecule has 0 spiro atoms. The molecule has 0 aliphatic heterocycles. The highest BCUT2D eigenvalue weighted by molar-refractivity contribution is 7.00. The fraction of sp³-hybridized carbons (Fsp3) is 0.287. The van der Waals surface area contributed by atoms with Crippen LogP contribution < -0.4 is 0 Å². The molecule has 5 heteroatoms. The van der Waals surface area contributed by atoms with Gasteiger partial charge in [-0.15, -0.1) is 0 Å². The van der Waals surface area contributed by atoms with Crippen molar-refractivity contribution in [2.24, 2.45) is 0 Å². The summed E-state index contributed by atoms with van der Waals surface area (Å²) in [7, 11) is 0. The van der Waals surface area contributed by atoms with E-state index in [1.807, 2.05) is 0 Å². The summed E-state index contributed by atoms with van der Waals surface area (Å²) in [6, 6.07) is 103. The molecule has 0 bridgehead atoms. The number of pyridine rings is 2. The third-order valence-corrected chi connectivity index (χ3v) is 28.0. The number of fused-ring (bicyclic) bond motifs is 12. The quantitative estimate of drug-likeness (QED) is 0.0377. The number of rotatable bonds is 34. The monoisotopic (exact) mass is 1580 g/mol. The Kier molecular flexibility index (Phi) is 23.7. The Hall–Kier alpha value is -11.2. The molecule has 12 aromatic carbocycles. The average Bonchev–Trinajstić information content (AvgIpc) is 1.56. The van der Waals surface area contributed by atoms with Gasteiger partial charge in [0.25, 0.3) is 0 Å². The predicted octanol–water partition coefficient (Wildman–Crippen LogP) is 33.4. The zero-order chi connectivity index (χ0) is 81.6. The second-order valence-corrected chi connectivity index (χ2v) is 35.5. The Balaban J connectivity index is 0.816. The van der Waals surface area contributed by atoms with Crippen molar-refractivity contribution in [3.63, 3.8) is 0 Å². The Labute approximate surface area is 717 Å². The molecule has 0 radical (unpaired) electrons. The van der Waals surface area contributed by atoms with Crippen LogP contribution in [0.3, 0.4) is 0 Å². The van der Waals surface area contributed by atoms with E-state index in [9.17, 15) is 0 Å². The second kappa shape index (κ2) is 35.6. The van der Waals surface area contributed by atoms with E-state index in [4.69, 9.17) is 18.7 Å². The first kappa shape index (κ1) is 79.9. The van der Waals surface area contributed by atoms with E-state index in [1.54, 1.807) is 0 Å². The van der Waals surface area contributed by atoms with E-state index in [0.29, 0.717) is 0 Å². The van der Waals surface area contributed by atoms with Crippen molar-refractivity contribution in [2.75, 3.05) is 0 Å². The molecule has 0 N–H and O–H groups in total. The van der Waals surface area contributed by atoms with Crippen LogP contribution in [0.1, 0.15) is 252 Å². The molecule has 3 aliphatic rings. The van der Waals surface area contributed by atoms with E-state index in [2.05, 4.69) is 333 Å². The van der Waals surface area contributed by atoms with E-state index in [0.717, 1.165) is 136 Å². The minimum Gasteiger partial charge on any atom is -0.248 e. The van der Waals surface area contributed by atoms with Gasteiger partial charge in [-0.3, -0.25) is 0 Å². The fourth-order valence-electron chi connectivity index (χ4n) is 21.5. The average molecular weight is 1580 g/mol. The summed E-state index contributed by atoms with van der Waals surface area (Å²) in [5, 5.41) is 2.28. The lowest BCUT2D eigenvalue weighted by molar-refractivity contribution is 0.401. The van der Waals surface area contributed by atoms with Gasteiger partial charge in [-0.1, -0.05) is 363 Å². The van der Waals surface area contributed by atoms with Gasteiger partial charge in [-0.2, -0.15) is 8.75 Å². The number of benzene rings is 12. The smallest absolute Gasteiger partial charge is 0.113 e. The van der Waals surface area contributed by atoms with Crippen molar-refractivity contribution in [1.82, 2.24) is 18.7 Å². The molecule has 15 aromatic rings. The van der Waals surface area contributed by atoms with Crippen LogP contribution in [-0.2, 0) is 16.2 Å². The molecule has 0 saturated heterocycles. The maximum absolute atomic E-state index is 5.33. The van der Waals surface area contributed by atoms with Crippen LogP contribution in [0.25, 0.3) is 157 Å². The van der Waals surface area contributed by atoms with Gasteiger partial charge < -0.3 is 0 Å². The molecule has 4 nitrogen and oxygen atoms in total. The standard InChI is InChI=1S/C115H114N4S/c1-7-13-17-31-67-114(68-32-18-14-8-2)105-75-85(84-48-58-96-95-57-47-83(79-35-23-21-24-36-79)73-103(95)113(65-11-5,66-12-6)104(96)74-84)49-59-97(105)99-61-51-89(77-107(99)114)101-71-87(46-56-92-54-44-82-40-28-30-42-110(82)117-92)102(72-86(101)45-55-91-53-43-81-39-27-29-41-109(81)116-91)90-52-62-100-98-60-50-88(94-64-63-93(80-37-25-22-26-38-80)111-112(94)119-120-118-111)76-106(98)115(108(100)78-90,69-33-19-15-9-3)70-34-20-16-10-4/h21-30,35-64,71-78H,7-20,31-34,65-70H2,1-6H3/b55-45-,56-46+. The molecule has 18 rings (SSSR count). The maximum Gasteiger partial charge on any atom is 0.113 e. The summed E-state index contributed by atoms with van der Waals surface area (Å²) in [5.41, 5.74) is 39.6. The molecule has 120 heavy (non-hydrogen) atoms. The van der Waals surface area contributed by atoms with E-state index in [-0.39, 0.29) is 16.2 Å². The zero-order valence-corrected chi connectivity index (χ0v) is 72.2. The van der Waals surface area contributed by atoms with Crippen LogP contribution in [0.2, 0.25) is 0 Å². The fourth-order valence-corrected chi connectivity index (χ4v) is 22.0. The number of unbranched alkanes of at least 4 members (excludes halogenated alkanes) is 12. The third kappa shape index (κ3) is 15.3. The minimum atomic E-state index is -0.226. The molecule has 3 aliphatic carbocycles. The van der Waals surface area contributed by atoms with Gasteiger partial charge in [0.2, 0.25) is 0 Å². The molecule has 0 atom stereocenters. The minimum absolute atomic E-state index is 0.0690. The third-order valence-electron chi connectivity index (χ3n) is 27.5. The van der Waals surface area contributed by atoms with Crippen LogP contribution in [0.4, 0.5) is 0 Å². The van der Waals surface area contributed by atoms with E-state index >= 15 is 0 Å². The van der Waals surface area contributed by atoms with Crippen molar-refractivity contribution in [2.45, 2.75) is 212 Å². The Morgan fingerprint density at radius 2 is 0.542 bits per heavy atom. The SMILES string of the molecule is CCCCCCC1(CCCCCC)c2cc(-c3ccc4c(c3)C(CCC)(CCC)c3cc(-c5ccccc5)ccc3-4)ccc2-c2ccc(-c3cc(/C=C/c4ccc5ccccc5n4)c(-c4ccc5c(c4)C(CCCCCC)(CCCCCC)c4cc(-c6ccc(-c7ccccc7)c7nsnc67)ccc4-5)cc3/C=C\c3ccc4ccccc4n3)cc21. The first-order valence-electron chi connectivity index (χ1n) is 45.7. The number of para-hydroxylation sites is 2. The van der Waals surface area contributed by atoms with Gasteiger partial charge in [0, 0.05) is 38.1 Å². The lowest BCUT2D eigenvalue weighted by Crippen LogP contribution is -2.26. The molecule has 0 fully saturated rings. The summed E-state index contributed by atoms with van der Waals surface area (Å²) < 4.78 is 10.1. The summed E-state index contributed by atoms with van der Waals surface area (Å²) >= 11 is 1.32. The zero-order valence-electron chi connectivity index (χ0n) is 71.4. The Morgan fingerprint density at radius 3 is 0.917 bits per heavy atom. The van der Waals surface area contributed by atoms with Crippen molar-refractivity contribution < 1.29 is 0 Å². The highest BCUT2D eigenvalue weighted by Gasteiger charge is 2.46. The van der Waals surface area contributed by atoms with Gasteiger partial charge in [-0.25, -0.2) is 9.97 Å². The molecule has 600 valence electrons. The number of aromatic nitrogens is 4. The summed E-state index contributed by atoms with van der Waals surface area (Å²) in [6.45, 7) is 14.2. The first-order valence-corrected chi connectivity index (χ1v) is 46.4. The van der Waals surface area contributed by atoms with Crippen LogP contribution in [0.5, 0.6) is 0 Å². The van der Waals surface area contributed by atoms with Crippen molar-refractivity contribution >= 4 is 68.9 Å². The predicted molar refractivity (Wildman–Crippen MR) is 515 cm³/mol. The molecule has 0 unspecified atom stereocenters. The summed E-state index contributed by atoms with van der Waals surface area (Å²) in [6.07, 6.45) is 37.4. The van der Waals surface area contributed by atoms with Crippen molar-refractivity contribution in [1.29, 1.82) is 0 Å². The molecular formula is C115H114N4S. The molecule has 0 saturated carbocycles. The lowest BCUT2D eigenvalue weighted by Gasteiger charge is -2.34. The maximum atomic E-state index is 5.33. The molecule has 3 aromatic heterocycles. The largest absolute Gasteiger partial charge is 0.248 e. The van der Waals surface area contributed by atoms with Crippen LogP contribution in [0.15, 0.2) is 267 Å². The number of hydrogen-bond donors (Lipinski definition) is 0. The van der Waals surface area contributed by atoms with Gasteiger partial charge in [0.15, 0.2) is 0 Å². The second-order valence-electron chi connectivity index (χ2n) is 35.0. The lowest BCUT2D eigenvalue weighted by atomic mass is 9.69. The normalized spacial score (nSPS) is 13.8. The highest BCUT2D eigenvalue weighted by Crippen LogP contribution is 2.61. The van der Waals surface area contributed by atoms with Gasteiger partial charge in [0.05, 0.1) is 34.1 Å². The summed E-state index contributed by atoms with van der Waals surface area (Å²) in [4.78, 5) is 10.7. The molecular weight excluding hydrogens is 1470 g/mol. The van der Waals surface area contributed by atoms with E-state index < -0.39 is 0 Å². The van der Waals surface area contributed by atoms with Gasteiger partial charge in [-0.05, 0) is 257 Å². The Morgan fingerprint density at radius 1 is 0.233 bits per heavy atom. The van der Waals surface area contributed by atoms with Crippen LogP contribution in [0, 0.1) is 0 Å². The first-order chi connectivity index (χ1) is 59.2. The molecule has 3 heterocycles. The van der Waals surface area contributed by atoms with Crippen molar-refractivity contribution in [3.05, 3.63) is 323 Å². The Bertz CT molecular complexity index is 6260.